The van der Waals surface area contributed by atoms with E-state index in [1.807, 2.05) is 36.7 Å². The van der Waals surface area contributed by atoms with Crippen molar-refractivity contribution in [2.24, 2.45) is 0 Å². The van der Waals surface area contributed by atoms with Gasteiger partial charge in [0.1, 0.15) is 18.1 Å². The van der Waals surface area contributed by atoms with Crippen LogP contribution in [0.5, 0.6) is 5.75 Å². The first-order valence-corrected chi connectivity index (χ1v) is 12.0. The van der Waals surface area contributed by atoms with Gasteiger partial charge in [0.05, 0.1) is 6.61 Å². The molecule has 0 saturated heterocycles. The molecular weight excluding hydrogens is 394 g/mol. The molecule has 2 unspecified atom stereocenters. The number of rotatable bonds is 16. The van der Waals surface area contributed by atoms with Crippen molar-refractivity contribution in [2.45, 2.75) is 96.8 Å². The van der Waals surface area contributed by atoms with E-state index in [2.05, 4.69) is 16.9 Å². The van der Waals surface area contributed by atoms with Gasteiger partial charge < -0.3 is 4.74 Å². The summed E-state index contributed by atoms with van der Waals surface area (Å²) in [5.41, 5.74) is 2.08. The molecule has 0 radical (unpaired) electrons. The van der Waals surface area contributed by atoms with Crippen molar-refractivity contribution >= 4 is 0 Å². The first-order valence-electron chi connectivity index (χ1n) is 12.0. The summed E-state index contributed by atoms with van der Waals surface area (Å²) in [6.07, 6.45) is 12.7. The number of nitrogens with zero attached hydrogens (tertiary/aromatic N) is 2. The second-order valence-electron chi connectivity index (χ2n) is 8.24. The van der Waals surface area contributed by atoms with Crippen LogP contribution < -0.4 is 4.74 Å². The molecule has 0 aliphatic rings. The predicted octanol–water partition coefficient (Wildman–Crippen LogP) is 7.68. The molecule has 1 heterocycles. The predicted molar refractivity (Wildman–Crippen MR) is 124 cm³/mol. The lowest BCUT2D eigenvalue weighted by Crippen LogP contribution is -2.19. The van der Waals surface area contributed by atoms with Crippen molar-refractivity contribution < 1.29 is 13.5 Å². The first kappa shape index (κ1) is 25.2. The van der Waals surface area contributed by atoms with E-state index < -0.39 is 12.3 Å². The molecule has 0 saturated carbocycles. The molecule has 2 rings (SSSR count). The summed E-state index contributed by atoms with van der Waals surface area (Å²) in [5, 5.41) is 0. The Balaban J connectivity index is 1.70. The van der Waals surface area contributed by atoms with Crippen molar-refractivity contribution in [1.82, 2.24) is 9.97 Å². The smallest absolute Gasteiger partial charge is 0.159 e. The average molecular weight is 433 g/mol. The highest BCUT2D eigenvalue weighted by atomic mass is 19.2. The van der Waals surface area contributed by atoms with Crippen LogP contribution in [0.2, 0.25) is 0 Å². The van der Waals surface area contributed by atoms with E-state index in [-0.39, 0.29) is 19.4 Å². The highest BCUT2D eigenvalue weighted by molar-refractivity contribution is 5.55. The fourth-order valence-electron chi connectivity index (χ4n) is 3.52. The van der Waals surface area contributed by atoms with Crippen LogP contribution in [0, 0.1) is 0 Å². The monoisotopic (exact) mass is 432 g/mol. The van der Waals surface area contributed by atoms with Gasteiger partial charge in [-0.2, -0.15) is 0 Å². The Labute approximate surface area is 186 Å². The average Bonchev–Trinajstić information content (AvgIpc) is 2.81. The molecule has 172 valence electrons. The fraction of sp³-hybridized carbons (Fsp3) is 0.615. The van der Waals surface area contributed by atoms with E-state index in [1.165, 1.54) is 56.9 Å². The maximum atomic E-state index is 13.5. The molecule has 0 spiro atoms. The van der Waals surface area contributed by atoms with Crippen molar-refractivity contribution in [2.75, 3.05) is 6.61 Å². The van der Waals surface area contributed by atoms with Gasteiger partial charge in [0.15, 0.2) is 5.82 Å². The van der Waals surface area contributed by atoms with Gasteiger partial charge in [-0.15, -0.1) is 0 Å². The normalized spacial score (nSPS) is 13.2. The van der Waals surface area contributed by atoms with Crippen LogP contribution in [0.15, 0.2) is 36.7 Å². The lowest BCUT2D eigenvalue weighted by Gasteiger charge is -2.12. The molecule has 5 heteroatoms. The van der Waals surface area contributed by atoms with Crippen LogP contribution in [0.1, 0.15) is 83.6 Å². The van der Waals surface area contributed by atoms with Crippen LogP contribution in [0.25, 0.3) is 11.4 Å². The van der Waals surface area contributed by atoms with Crippen LogP contribution in [0.4, 0.5) is 8.78 Å². The molecular formula is C26H38F2N2O. The number of hydrogen-bond donors (Lipinski definition) is 0. The van der Waals surface area contributed by atoms with Gasteiger partial charge in [0, 0.05) is 24.4 Å². The van der Waals surface area contributed by atoms with E-state index in [0.29, 0.717) is 11.6 Å². The fourth-order valence-corrected chi connectivity index (χ4v) is 3.52. The highest BCUT2D eigenvalue weighted by Gasteiger charge is 2.18. The summed E-state index contributed by atoms with van der Waals surface area (Å²) < 4.78 is 32.3. The van der Waals surface area contributed by atoms with Crippen LogP contribution in [0.3, 0.4) is 0 Å². The number of ether oxygens (including phenoxy) is 1. The standard InChI is InChI=1S/C26H38F2N2O/c1-3-5-6-7-8-9-10-11-12-21-19-29-26(30-20-21)22-13-15-23(16-14-22)31-18-17-25(28)24(27)4-2/h13-16,19-20,24-25H,3-12,17-18H2,1-2H3. The summed E-state index contributed by atoms with van der Waals surface area (Å²) >= 11 is 0. The zero-order valence-electron chi connectivity index (χ0n) is 19.2. The number of unbranched alkanes of at least 4 members (excludes halogenated alkanes) is 7. The van der Waals surface area contributed by atoms with Gasteiger partial charge in [-0.1, -0.05) is 58.8 Å². The van der Waals surface area contributed by atoms with Gasteiger partial charge in [0.2, 0.25) is 0 Å². The summed E-state index contributed by atoms with van der Waals surface area (Å²) in [6.45, 7) is 4.05. The molecule has 0 aliphatic heterocycles. The van der Waals surface area contributed by atoms with Gasteiger partial charge in [-0.3, -0.25) is 0 Å². The number of hydrogen-bond acceptors (Lipinski definition) is 3. The number of aryl methyl sites for hydroxylation is 1. The maximum Gasteiger partial charge on any atom is 0.159 e. The van der Waals surface area contributed by atoms with Crippen molar-refractivity contribution in [3.63, 3.8) is 0 Å². The summed E-state index contributed by atoms with van der Waals surface area (Å²) in [5.74, 6) is 1.31. The topological polar surface area (TPSA) is 35.0 Å². The third kappa shape index (κ3) is 9.75. The Hall–Kier alpha value is -2.04. The summed E-state index contributed by atoms with van der Waals surface area (Å²) in [7, 11) is 0. The number of benzene rings is 1. The Morgan fingerprint density at radius 2 is 1.42 bits per heavy atom. The summed E-state index contributed by atoms with van der Waals surface area (Å²) in [4.78, 5) is 9.00. The molecule has 1 aromatic heterocycles. The van der Waals surface area contributed by atoms with Crippen LogP contribution in [-0.2, 0) is 6.42 Å². The zero-order valence-corrected chi connectivity index (χ0v) is 19.2. The second kappa shape index (κ2) is 14.9. The molecule has 0 bridgehead atoms. The minimum atomic E-state index is -1.47. The van der Waals surface area contributed by atoms with Gasteiger partial charge in [-0.25, -0.2) is 18.7 Å². The molecule has 0 amide bonds. The number of aromatic nitrogens is 2. The van der Waals surface area contributed by atoms with Gasteiger partial charge >= 0.3 is 0 Å². The molecule has 1 aromatic carbocycles. The Bertz CT molecular complexity index is 706. The van der Waals surface area contributed by atoms with E-state index in [9.17, 15) is 8.78 Å². The minimum Gasteiger partial charge on any atom is -0.493 e. The van der Waals surface area contributed by atoms with Crippen molar-refractivity contribution in [3.8, 4) is 17.1 Å². The third-order valence-corrected chi connectivity index (χ3v) is 5.58. The quantitative estimate of drug-likeness (QED) is 0.255. The van der Waals surface area contributed by atoms with E-state index in [4.69, 9.17) is 4.74 Å². The highest BCUT2D eigenvalue weighted by Crippen LogP contribution is 2.20. The Kier molecular flexibility index (Phi) is 12.1. The number of halogens is 2. The molecule has 0 N–H and O–H groups in total. The van der Waals surface area contributed by atoms with Crippen molar-refractivity contribution in [3.05, 3.63) is 42.2 Å². The third-order valence-electron chi connectivity index (χ3n) is 5.58. The minimum absolute atomic E-state index is 0.0557. The largest absolute Gasteiger partial charge is 0.493 e. The van der Waals surface area contributed by atoms with Crippen molar-refractivity contribution in [1.29, 1.82) is 0 Å². The molecule has 3 nitrogen and oxygen atoms in total. The van der Waals surface area contributed by atoms with E-state index >= 15 is 0 Å². The van der Waals surface area contributed by atoms with Crippen LogP contribution >= 0.6 is 0 Å². The molecule has 2 atom stereocenters. The lowest BCUT2D eigenvalue weighted by atomic mass is 10.1. The van der Waals surface area contributed by atoms with Gasteiger partial charge in [0.25, 0.3) is 0 Å². The molecule has 0 aliphatic carbocycles. The lowest BCUT2D eigenvalue weighted by molar-refractivity contribution is 0.133. The summed E-state index contributed by atoms with van der Waals surface area (Å²) in [6, 6.07) is 7.40. The zero-order chi connectivity index (χ0) is 22.3. The van der Waals surface area contributed by atoms with E-state index in [0.717, 1.165) is 12.0 Å². The second-order valence-corrected chi connectivity index (χ2v) is 8.24. The Morgan fingerprint density at radius 1 is 0.806 bits per heavy atom. The maximum absolute atomic E-state index is 13.5. The molecule has 2 aromatic rings. The molecule has 31 heavy (non-hydrogen) atoms. The van der Waals surface area contributed by atoms with Gasteiger partial charge in [-0.05, 0) is 49.1 Å². The Morgan fingerprint density at radius 3 is 2.03 bits per heavy atom. The first-order chi connectivity index (χ1) is 15.1. The molecule has 0 fully saturated rings. The number of alkyl halides is 2. The van der Waals surface area contributed by atoms with E-state index in [1.54, 1.807) is 6.92 Å². The van der Waals surface area contributed by atoms with Crippen LogP contribution in [-0.4, -0.2) is 28.9 Å². The SMILES string of the molecule is CCCCCCCCCCc1cnc(-c2ccc(OCCC(F)C(F)CC)cc2)nc1.